The van der Waals surface area contributed by atoms with E-state index < -0.39 is 6.29 Å². The Kier molecular flexibility index (Phi) is 3.95. The number of phenolic OH excluding ortho intramolecular Hbond substituents is 1. The van der Waals surface area contributed by atoms with Crippen molar-refractivity contribution in [2.45, 2.75) is 27.1 Å². The fraction of sp³-hybridized carbons (Fsp3) is 0.250. The molecule has 19 heavy (non-hydrogen) atoms. The molecule has 2 aromatic rings. The van der Waals surface area contributed by atoms with Gasteiger partial charge in [0.15, 0.2) is 0 Å². The van der Waals surface area contributed by atoms with Gasteiger partial charge in [-0.15, -0.1) is 0 Å². The highest BCUT2D eigenvalue weighted by molar-refractivity contribution is 5.34. The number of hydrogen-bond acceptors (Lipinski definition) is 3. The first-order chi connectivity index (χ1) is 9.04. The van der Waals surface area contributed by atoms with Crippen molar-refractivity contribution >= 4 is 0 Å². The summed E-state index contributed by atoms with van der Waals surface area (Å²) < 4.78 is 11.3. The van der Waals surface area contributed by atoms with Crippen LogP contribution in [0, 0.1) is 13.8 Å². The molecule has 1 atom stereocenters. The maximum absolute atomic E-state index is 9.20. The Hall–Kier alpha value is -2.16. The maximum Gasteiger partial charge on any atom is 0.238 e. The molecule has 0 saturated carbocycles. The average molecular weight is 258 g/mol. The Morgan fingerprint density at radius 2 is 1.42 bits per heavy atom. The molecule has 0 radical (unpaired) electrons. The van der Waals surface area contributed by atoms with Crippen molar-refractivity contribution in [2.75, 3.05) is 0 Å². The highest BCUT2D eigenvalue weighted by Gasteiger charge is 2.06. The molecule has 1 unspecified atom stereocenters. The summed E-state index contributed by atoms with van der Waals surface area (Å²) in [7, 11) is 0. The van der Waals surface area contributed by atoms with Crippen LogP contribution < -0.4 is 9.47 Å². The highest BCUT2D eigenvalue weighted by atomic mass is 16.7. The van der Waals surface area contributed by atoms with Gasteiger partial charge < -0.3 is 14.6 Å². The molecule has 0 bridgehead atoms. The zero-order valence-corrected chi connectivity index (χ0v) is 11.4. The van der Waals surface area contributed by atoms with Crippen molar-refractivity contribution in [2.24, 2.45) is 0 Å². The van der Waals surface area contributed by atoms with Gasteiger partial charge in [0.25, 0.3) is 0 Å². The maximum atomic E-state index is 9.20. The van der Waals surface area contributed by atoms with E-state index in [4.69, 9.17) is 9.47 Å². The number of phenols is 1. The molecule has 0 fully saturated rings. The molecule has 1 N–H and O–H groups in total. The zero-order chi connectivity index (χ0) is 13.8. The Morgan fingerprint density at radius 1 is 0.842 bits per heavy atom. The molecule has 0 spiro atoms. The quantitative estimate of drug-likeness (QED) is 0.847. The number of benzene rings is 2. The second-order valence-electron chi connectivity index (χ2n) is 4.54. The molecular formula is C16H18O3. The summed E-state index contributed by atoms with van der Waals surface area (Å²) in [6.45, 7) is 5.95. The number of ether oxygens (including phenoxy) is 2. The molecule has 3 heteroatoms. The number of rotatable bonds is 4. The number of hydrogen-bond donors (Lipinski definition) is 1. The molecule has 0 aliphatic rings. The molecule has 0 saturated heterocycles. The Labute approximate surface area is 113 Å². The van der Waals surface area contributed by atoms with Gasteiger partial charge in [0.1, 0.15) is 17.2 Å². The lowest BCUT2D eigenvalue weighted by atomic mass is 10.1. The van der Waals surface area contributed by atoms with E-state index in [1.807, 2.05) is 32.0 Å². The minimum absolute atomic E-state index is 0.218. The molecule has 2 aromatic carbocycles. The normalized spacial score (nSPS) is 11.9. The average Bonchev–Trinajstić information content (AvgIpc) is 2.37. The minimum Gasteiger partial charge on any atom is -0.508 e. The Balaban J connectivity index is 1.98. The van der Waals surface area contributed by atoms with Crippen LogP contribution in [0.1, 0.15) is 18.1 Å². The molecule has 3 nitrogen and oxygen atoms in total. The van der Waals surface area contributed by atoms with Crippen LogP contribution >= 0.6 is 0 Å². The summed E-state index contributed by atoms with van der Waals surface area (Å²) in [4.78, 5) is 0. The van der Waals surface area contributed by atoms with Crippen molar-refractivity contribution in [3.63, 3.8) is 0 Å². The lowest BCUT2D eigenvalue weighted by Gasteiger charge is -2.17. The molecule has 100 valence electrons. The summed E-state index contributed by atoms with van der Waals surface area (Å²) in [6, 6.07) is 12.5. The molecule has 2 rings (SSSR count). The summed E-state index contributed by atoms with van der Waals surface area (Å²) in [6.07, 6.45) is -0.397. The van der Waals surface area contributed by atoms with Crippen LogP contribution in [0.5, 0.6) is 17.2 Å². The molecule has 0 heterocycles. The largest absolute Gasteiger partial charge is 0.508 e. The third kappa shape index (κ3) is 3.65. The molecule has 0 aliphatic carbocycles. The van der Waals surface area contributed by atoms with Crippen LogP contribution in [0.2, 0.25) is 0 Å². The highest BCUT2D eigenvalue weighted by Crippen LogP contribution is 2.20. The van der Waals surface area contributed by atoms with Crippen molar-refractivity contribution in [1.29, 1.82) is 0 Å². The van der Waals surface area contributed by atoms with E-state index in [0.29, 0.717) is 5.75 Å². The Bertz CT molecular complexity index is 546. The first-order valence-corrected chi connectivity index (χ1v) is 6.24. The standard InChI is InChI=1S/C16H18O3/c1-11-4-7-16(10-12(11)2)19-13(3)18-15-8-5-14(17)6-9-15/h4-10,13,17H,1-3H3. The van der Waals surface area contributed by atoms with E-state index in [-0.39, 0.29) is 5.75 Å². The van der Waals surface area contributed by atoms with Crippen molar-refractivity contribution in [1.82, 2.24) is 0 Å². The van der Waals surface area contributed by atoms with E-state index >= 15 is 0 Å². The fourth-order valence-corrected chi connectivity index (χ4v) is 1.72. The fourth-order valence-electron chi connectivity index (χ4n) is 1.72. The molecule has 0 aromatic heterocycles. The lowest BCUT2D eigenvalue weighted by molar-refractivity contribution is 0.0222. The van der Waals surface area contributed by atoms with Gasteiger partial charge in [-0.2, -0.15) is 0 Å². The predicted octanol–water partition coefficient (Wildman–Crippen LogP) is 3.81. The predicted molar refractivity (Wildman–Crippen MR) is 74.7 cm³/mol. The summed E-state index contributed by atoms with van der Waals surface area (Å²) in [5.74, 6) is 1.67. The van der Waals surface area contributed by atoms with Crippen LogP contribution in [-0.4, -0.2) is 11.4 Å². The molecular weight excluding hydrogens is 240 g/mol. The first kappa shape index (κ1) is 13.3. The summed E-state index contributed by atoms with van der Waals surface area (Å²) >= 11 is 0. The van der Waals surface area contributed by atoms with Gasteiger partial charge in [-0.1, -0.05) is 6.07 Å². The topological polar surface area (TPSA) is 38.7 Å². The van der Waals surface area contributed by atoms with Gasteiger partial charge in [-0.3, -0.25) is 0 Å². The molecule has 0 amide bonds. The lowest BCUT2D eigenvalue weighted by Crippen LogP contribution is -2.19. The molecule has 0 aliphatic heterocycles. The summed E-state index contributed by atoms with van der Waals surface area (Å²) in [5.41, 5.74) is 2.42. The number of aryl methyl sites for hydroxylation is 2. The Morgan fingerprint density at radius 3 is 2.05 bits per heavy atom. The minimum atomic E-state index is -0.397. The van der Waals surface area contributed by atoms with Crippen LogP contribution in [-0.2, 0) is 0 Å². The van der Waals surface area contributed by atoms with Gasteiger partial charge in [0.2, 0.25) is 6.29 Å². The van der Waals surface area contributed by atoms with Gasteiger partial charge in [0, 0.05) is 6.92 Å². The second-order valence-corrected chi connectivity index (χ2v) is 4.54. The third-order valence-corrected chi connectivity index (χ3v) is 2.92. The third-order valence-electron chi connectivity index (χ3n) is 2.92. The van der Waals surface area contributed by atoms with E-state index in [2.05, 4.69) is 6.92 Å². The second kappa shape index (κ2) is 5.65. The van der Waals surface area contributed by atoms with E-state index in [0.717, 1.165) is 5.75 Å². The van der Waals surface area contributed by atoms with E-state index in [1.165, 1.54) is 11.1 Å². The van der Waals surface area contributed by atoms with Gasteiger partial charge in [0.05, 0.1) is 0 Å². The van der Waals surface area contributed by atoms with E-state index in [9.17, 15) is 5.11 Å². The van der Waals surface area contributed by atoms with Crippen LogP contribution in [0.3, 0.4) is 0 Å². The van der Waals surface area contributed by atoms with Gasteiger partial charge >= 0.3 is 0 Å². The van der Waals surface area contributed by atoms with Crippen molar-refractivity contribution in [3.05, 3.63) is 53.6 Å². The van der Waals surface area contributed by atoms with Gasteiger partial charge in [-0.05, 0) is 61.4 Å². The van der Waals surface area contributed by atoms with Crippen LogP contribution in [0.15, 0.2) is 42.5 Å². The number of aromatic hydroxyl groups is 1. The smallest absolute Gasteiger partial charge is 0.238 e. The van der Waals surface area contributed by atoms with Crippen molar-refractivity contribution in [3.8, 4) is 17.2 Å². The van der Waals surface area contributed by atoms with Gasteiger partial charge in [-0.25, -0.2) is 0 Å². The van der Waals surface area contributed by atoms with Crippen LogP contribution in [0.4, 0.5) is 0 Å². The summed E-state index contributed by atoms with van der Waals surface area (Å²) in [5, 5.41) is 9.20. The SMILES string of the molecule is Cc1ccc(OC(C)Oc2ccc(O)cc2)cc1C. The van der Waals surface area contributed by atoms with E-state index in [1.54, 1.807) is 24.3 Å². The zero-order valence-electron chi connectivity index (χ0n) is 11.4. The monoisotopic (exact) mass is 258 g/mol. The first-order valence-electron chi connectivity index (χ1n) is 6.24. The van der Waals surface area contributed by atoms with Crippen LogP contribution in [0.25, 0.3) is 0 Å². The van der Waals surface area contributed by atoms with Crippen molar-refractivity contribution < 1.29 is 14.6 Å².